The van der Waals surface area contributed by atoms with Gasteiger partial charge in [-0.15, -0.1) is 11.6 Å². The number of benzene rings is 2. The minimum atomic E-state index is -1.09. The molecule has 0 saturated carbocycles. The number of hydrogen-bond donors (Lipinski definition) is 2. The number of rotatable bonds is 3. The molecule has 30 heavy (non-hydrogen) atoms. The topological polar surface area (TPSA) is 91.9 Å². The third-order valence-electron chi connectivity index (χ3n) is 6.09. The van der Waals surface area contributed by atoms with Gasteiger partial charge in [-0.2, -0.15) is 0 Å². The molecule has 2 aromatic carbocycles. The Morgan fingerprint density at radius 1 is 1.23 bits per heavy atom. The Morgan fingerprint density at radius 3 is 2.77 bits per heavy atom. The van der Waals surface area contributed by atoms with Gasteiger partial charge in [0.05, 0.1) is 0 Å². The molecule has 0 radical (unpaired) electrons. The predicted molar refractivity (Wildman–Crippen MR) is 110 cm³/mol. The lowest BCUT2D eigenvalue weighted by Gasteiger charge is -2.48. The second-order valence-corrected chi connectivity index (χ2v) is 7.89. The minimum absolute atomic E-state index is 0.120. The molecular weight excluding hydrogens is 408 g/mol. The Hall–Kier alpha value is -3.19. The van der Waals surface area contributed by atoms with Gasteiger partial charge in [0, 0.05) is 23.0 Å². The number of para-hydroxylation sites is 1. The Bertz CT molecular complexity index is 1190. The minimum Gasteiger partial charge on any atom is -0.480 e. The van der Waals surface area contributed by atoms with Crippen LogP contribution >= 0.6 is 11.6 Å². The van der Waals surface area contributed by atoms with Gasteiger partial charge in [-0.1, -0.05) is 24.3 Å². The first-order valence-corrected chi connectivity index (χ1v) is 10.1. The number of fused-ring (bicyclic) bond motifs is 4. The first-order valence-electron chi connectivity index (χ1n) is 9.56. The van der Waals surface area contributed by atoms with E-state index in [1.807, 2.05) is 37.3 Å². The number of H-pyrrole nitrogens is 1. The number of aromatic nitrogens is 1. The highest BCUT2D eigenvalue weighted by Crippen LogP contribution is 2.47. The molecule has 8 heteroatoms. The molecule has 0 spiro atoms. The van der Waals surface area contributed by atoms with Crippen LogP contribution in [0, 0.1) is 0 Å². The average Bonchev–Trinajstić information content (AvgIpc) is 3.37. The number of nitrogens with one attached hydrogen (secondary N) is 1. The molecular formula is C22H19ClN2O5. The van der Waals surface area contributed by atoms with E-state index in [0.29, 0.717) is 17.1 Å². The maximum absolute atomic E-state index is 13.0. The first-order chi connectivity index (χ1) is 14.4. The van der Waals surface area contributed by atoms with E-state index >= 15 is 0 Å². The SMILES string of the molecule is CC1(c2ccc3c(c2)OCO3)c2[nH]c3ccccc3c2CC(C(=O)O)N1C(=O)CCl. The molecule has 2 N–H and O–H groups in total. The van der Waals surface area contributed by atoms with Crippen LogP contribution < -0.4 is 9.47 Å². The second-order valence-electron chi connectivity index (χ2n) is 7.62. The number of halogens is 1. The van der Waals surface area contributed by atoms with Gasteiger partial charge in [-0.3, -0.25) is 4.79 Å². The van der Waals surface area contributed by atoms with Crippen LogP contribution in [0.2, 0.25) is 0 Å². The number of alkyl halides is 1. The van der Waals surface area contributed by atoms with Crippen LogP contribution in [0.1, 0.15) is 23.7 Å². The number of aromatic amines is 1. The van der Waals surface area contributed by atoms with E-state index in [0.717, 1.165) is 22.2 Å². The maximum atomic E-state index is 13.0. The number of carboxylic acid groups (broad SMARTS) is 1. The summed E-state index contributed by atoms with van der Waals surface area (Å²) in [4.78, 5) is 30.1. The first kappa shape index (κ1) is 18.8. The zero-order valence-electron chi connectivity index (χ0n) is 16.1. The Kier molecular flexibility index (Phi) is 4.18. The fourth-order valence-corrected chi connectivity index (χ4v) is 4.84. The van der Waals surface area contributed by atoms with Gasteiger partial charge in [-0.05, 0) is 36.2 Å². The van der Waals surface area contributed by atoms with E-state index in [1.54, 1.807) is 12.1 Å². The summed E-state index contributed by atoms with van der Waals surface area (Å²) in [5.41, 5.74) is 2.17. The van der Waals surface area contributed by atoms with Crippen molar-refractivity contribution in [2.75, 3.05) is 12.7 Å². The summed E-state index contributed by atoms with van der Waals surface area (Å²) >= 11 is 5.93. The monoisotopic (exact) mass is 426 g/mol. The van der Waals surface area contributed by atoms with Crippen molar-refractivity contribution in [1.82, 2.24) is 9.88 Å². The van der Waals surface area contributed by atoms with Gasteiger partial charge < -0.3 is 24.5 Å². The standard InChI is InChI=1S/C22H19ClN2O5/c1-22(12-6-7-17-18(8-12)30-11-29-17)20-14(13-4-2-3-5-15(13)24-20)9-16(21(27)28)25(22)19(26)10-23/h2-8,16,24H,9-11H2,1H3,(H,27,28). The highest BCUT2D eigenvalue weighted by atomic mass is 35.5. The molecule has 1 amide bonds. The second kappa shape index (κ2) is 6.67. The van der Waals surface area contributed by atoms with Crippen molar-refractivity contribution in [3.8, 4) is 11.5 Å². The molecule has 2 atom stereocenters. The lowest BCUT2D eigenvalue weighted by atomic mass is 9.77. The van der Waals surface area contributed by atoms with Crippen molar-refractivity contribution < 1.29 is 24.2 Å². The maximum Gasteiger partial charge on any atom is 0.326 e. The van der Waals surface area contributed by atoms with Gasteiger partial charge in [0.15, 0.2) is 11.5 Å². The van der Waals surface area contributed by atoms with Crippen molar-refractivity contribution in [3.63, 3.8) is 0 Å². The highest BCUT2D eigenvalue weighted by Gasteiger charge is 2.51. The summed E-state index contributed by atoms with van der Waals surface area (Å²) in [6.45, 7) is 1.97. The van der Waals surface area contributed by atoms with Crippen molar-refractivity contribution >= 4 is 34.4 Å². The molecule has 7 nitrogen and oxygen atoms in total. The van der Waals surface area contributed by atoms with E-state index in [-0.39, 0.29) is 19.1 Å². The van der Waals surface area contributed by atoms with E-state index in [2.05, 4.69) is 4.98 Å². The number of aliphatic carboxylic acids is 1. The van der Waals surface area contributed by atoms with Crippen molar-refractivity contribution in [2.24, 2.45) is 0 Å². The van der Waals surface area contributed by atoms with Crippen LogP contribution in [-0.2, 0) is 21.5 Å². The molecule has 0 bridgehead atoms. The lowest BCUT2D eigenvalue weighted by molar-refractivity contribution is -0.155. The number of amides is 1. The normalized spacial score (nSPS) is 22.2. The third-order valence-corrected chi connectivity index (χ3v) is 6.32. The molecule has 5 rings (SSSR count). The Labute approximate surface area is 177 Å². The van der Waals surface area contributed by atoms with Gasteiger partial charge >= 0.3 is 5.97 Å². The van der Waals surface area contributed by atoms with Crippen molar-refractivity contribution in [2.45, 2.75) is 24.9 Å². The van der Waals surface area contributed by atoms with E-state index < -0.39 is 23.5 Å². The average molecular weight is 427 g/mol. The summed E-state index contributed by atoms with van der Waals surface area (Å²) in [7, 11) is 0. The quantitative estimate of drug-likeness (QED) is 0.627. The number of carboxylic acids is 1. The Morgan fingerprint density at radius 2 is 2.00 bits per heavy atom. The highest BCUT2D eigenvalue weighted by molar-refractivity contribution is 6.27. The fourth-order valence-electron chi connectivity index (χ4n) is 4.71. The molecule has 2 aliphatic heterocycles. The predicted octanol–water partition coefficient (Wildman–Crippen LogP) is 3.24. The van der Waals surface area contributed by atoms with Crippen LogP contribution in [0.15, 0.2) is 42.5 Å². The zero-order valence-corrected chi connectivity index (χ0v) is 16.9. The van der Waals surface area contributed by atoms with Crippen LogP contribution in [-0.4, -0.2) is 45.6 Å². The summed E-state index contributed by atoms with van der Waals surface area (Å²) in [6.07, 6.45) is 0.192. The summed E-state index contributed by atoms with van der Waals surface area (Å²) in [6, 6.07) is 12.1. The molecule has 3 aromatic rings. The van der Waals surface area contributed by atoms with Crippen LogP contribution in [0.4, 0.5) is 0 Å². The largest absolute Gasteiger partial charge is 0.480 e. The van der Waals surface area contributed by atoms with E-state index in [1.165, 1.54) is 4.90 Å². The van der Waals surface area contributed by atoms with Gasteiger partial charge in [-0.25, -0.2) is 4.79 Å². The molecule has 154 valence electrons. The van der Waals surface area contributed by atoms with Crippen LogP contribution in [0.25, 0.3) is 10.9 Å². The summed E-state index contributed by atoms with van der Waals surface area (Å²) in [5, 5.41) is 11.0. The number of ether oxygens (including phenoxy) is 2. The van der Waals surface area contributed by atoms with Crippen LogP contribution in [0.5, 0.6) is 11.5 Å². The van der Waals surface area contributed by atoms with Crippen LogP contribution in [0.3, 0.4) is 0 Å². The van der Waals surface area contributed by atoms with E-state index in [4.69, 9.17) is 21.1 Å². The number of carbonyl (C=O) groups is 2. The Balaban J connectivity index is 1.82. The van der Waals surface area contributed by atoms with Crippen molar-refractivity contribution in [1.29, 1.82) is 0 Å². The molecule has 3 heterocycles. The van der Waals surface area contributed by atoms with Crippen molar-refractivity contribution in [3.05, 3.63) is 59.3 Å². The van der Waals surface area contributed by atoms with Gasteiger partial charge in [0.1, 0.15) is 17.5 Å². The molecule has 1 aromatic heterocycles. The summed E-state index contributed by atoms with van der Waals surface area (Å²) < 4.78 is 11.0. The molecule has 0 aliphatic carbocycles. The number of nitrogens with zero attached hydrogens (tertiary/aromatic N) is 1. The third kappa shape index (κ3) is 2.51. The zero-order chi connectivity index (χ0) is 21.0. The number of hydrogen-bond acceptors (Lipinski definition) is 4. The van der Waals surface area contributed by atoms with Gasteiger partial charge in [0.2, 0.25) is 12.7 Å². The molecule has 0 saturated heterocycles. The number of carbonyl (C=O) groups excluding carboxylic acids is 1. The molecule has 0 fully saturated rings. The lowest BCUT2D eigenvalue weighted by Crippen LogP contribution is -2.60. The van der Waals surface area contributed by atoms with Gasteiger partial charge in [0.25, 0.3) is 0 Å². The van der Waals surface area contributed by atoms with E-state index in [9.17, 15) is 14.7 Å². The molecule has 2 aliphatic rings. The fraction of sp³-hybridized carbons (Fsp3) is 0.273. The smallest absolute Gasteiger partial charge is 0.326 e. The molecule has 2 unspecified atom stereocenters. The summed E-state index contributed by atoms with van der Waals surface area (Å²) in [5.74, 6) is -0.675.